The van der Waals surface area contributed by atoms with Crippen molar-refractivity contribution in [1.82, 2.24) is 5.01 Å². The van der Waals surface area contributed by atoms with Crippen LogP contribution in [0.4, 0.5) is 5.69 Å². The number of esters is 1. The topological polar surface area (TPSA) is 66.9 Å². The SMILES string of the molecule is CN(c1ccccc1)N(CC(=O)OCc1ccccc1)C(=O)CCSC(=O)c1ccccc1. The summed E-state index contributed by atoms with van der Waals surface area (Å²) in [5.74, 6) is -0.473. The van der Waals surface area contributed by atoms with Gasteiger partial charge in [-0.15, -0.1) is 0 Å². The molecular formula is C26H26N2O4S. The Balaban J connectivity index is 1.61. The van der Waals surface area contributed by atoms with Gasteiger partial charge < -0.3 is 4.74 Å². The maximum absolute atomic E-state index is 13.0. The molecule has 7 heteroatoms. The number of carbonyl (C=O) groups excluding carboxylic acids is 3. The first-order chi connectivity index (χ1) is 16.0. The maximum Gasteiger partial charge on any atom is 0.328 e. The van der Waals surface area contributed by atoms with Crippen molar-refractivity contribution in [2.24, 2.45) is 0 Å². The number of hydrogen-bond acceptors (Lipinski definition) is 6. The molecule has 0 spiro atoms. The summed E-state index contributed by atoms with van der Waals surface area (Å²) in [6.45, 7) is -0.0907. The number of hydrazine groups is 1. The highest BCUT2D eigenvalue weighted by Crippen LogP contribution is 2.17. The van der Waals surface area contributed by atoms with Crippen molar-refractivity contribution >= 4 is 34.4 Å². The number of anilines is 1. The molecule has 0 bridgehead atoms. The van der Waals surface area contributed by atoms with Crippen molar-refractivity contribution in [2.45, 2.75) is 13.0 Å². The van der Waals surface area contributed by atoms with Gasteiger partial charge in [0.2, 0.25) is 11.0 Å². The third kappa shape index (κ3) is 7.50. The molecule has 0 aromatic heterocycles. The first kappa shape index (κ1) is 24.1. The first-order valence-electron chi connectivity index (χ1n) is 10.6. The highest BCUT2D eigenvalue weighted by Gasteiger charge is 2.23. The summed E-state index contributed by atoms with van der Waals surface area (Å²) >= 11 is 1.09. The van der Waals surface area contributed by atoms with Crippen molar-refractivity contribution in [2.75, 3.05) is 24.4 Å². The molecule has 0 N–H and O–H groups in total. The fourth-order valence-electron chi connectivity index (χ4n) is 3.07. The Morgan fingerprint density at radius 3 is 2.03 bits per heavy atom. The van der Waals surface area contributed by atoms with Gasteiger partial charge in [-0.25, -0.2) is 5.01 Å². The predicted molar refractivity (Wildman–Crippen MR) is 131 cm³/mol. The van der Waals surface area contributed by atoms with Gasteiger partial charge in [-0.2, -0.15) is 0 Å². The highest BCUT2D eigenvalue weighted by molar-refractivity contribution is 8.14. The van der Waals surface area contributed by atoms with Gasteiger partial charge in [0.25, 0.3) is 0 Å². The lowest BCUT2D eigenvalue weighted by Gasteiger charge is -2.33. The molecule has 3 aromatic rings. The van der Waals surface area contributed by atoms with Crippen molar-refractivity contribution in [3.05, 3.63) is 102 Å². The number of ether oxygens (including phenoxy) is 1. The van der Waals surface area contributed by atoms with Crippen molar-refractivity contribution in [1.29, 1.82) is 0 Å². The number of para-hydroxylation sites is 1. The van der Waals surface area contributed by atoms with Gasteiger partial charge in [-0.05, 0) is 17.7 Å². The maximum atomic E-state index is 13.0. The number of carbonyl (C=O) groups is 3. The zero-order valence-corrected chi connectivity index (χ0v) is 19.2. The summed E-state index contributed by atoms with van der Waals surface area (Å²) in [4.78, 5) is 37.9. The summed E-state index contributed by atoms with van der Waals surface area (Å²) in [6.07, 6.45) is 0.104. The zero-order chi connectivity index (χ0) is 23.5. The number of thioether (sulfide) groups is 1. The molecule has 0 aliphatic carbocycles. The van der Waals surface area contributed by atoms with Crippen molar-refractivity contribution in [3.8, 4) is 0 Å². The molecule has 0 heterocycles. The number of benzene rings is 3. The van der Waals surface area contributed by atoms with Gasteiger partial charge in [-0.3, -0.25) is 19.4 Å². The molecule has 6 nitrogen and oxygen atoms in total. The van der Waals surface area contributed by atoms with Crippen LogP contribution in [-0.4, -0.2) is 41.3 Å². The van der Waals surface area contributed by atoms with E-state index < -0.39 is 5.97 Å². The van der Waals surface area contributed by atoms with Crippen molar-refractivity contribution in [3.63, 3.8) is 0 Å². The van der Waals surface area contributed by atoms with Gasteiger partial charge in [-0.1, -0.05) is 90.6 Å². The fourth-order valence-corrected chi connectivity index (χ4v) is 3.83. The Labute approximate surface area is 198 Å². The summed E-state index contributed by atoms with van der Waals surface area (Å²) in [7, 11) is 1.72. The Bertz CT molecular complexity index is 1050. The van der Waals surface area contributed by atoms with Crippen LogP contribution in [0.3, 0.4) is 0 Å². The lowest BCUT2D eigenvalue weighted by molar-refractivity contribution is -0.150. The molecule has 0 aliphatic rings. The van der Waals surface area contributed by atoms with E-state index in [0.717, 1.165) is 23.0 Å². The zero-order valence-electron chi connectivity index (χ0n) is 18.4. The predicted octanol–water partition coefficient (Wildman–Crippen LogP) is 4.57. The van der Waals surface area contributed by atoms with Crippen molar-refractivity contribution < 1.29 is 19.1 Å². The van der Waals surface area contributed by atoms with Crippen LogP contribution in [0.5, 0.6) is 0 Å². The molecule has 0 fully saturated rings. The smallest absolute Gasteiger partial charge is 0.328 e. The Hall–Kier alpha value is -3.58. The lowest BCUT2D eigenvalue weighted by Crippen LogP contribution is -2.47. The molecule has 0 atom stereocenters. The van der Waals surface area contributed by atoms with E-state index in [2.05, 4.69) is 0 Å². The van der Waals surface area contributed by atoms with Crippen LogP contribution >= 0.6 is 11.8 Å². The Kier molecular flexibility index (Phi) is 9.08. The molecule has 1 amide bonds. The third-order valence-corrected chi connectivity index (χ3v) is 5.77. The second-order valence-electron chi connectivity index (χ2n) is 7.21. The number of nitrogens with zero attached hydrogens (tertiary/aromatic N) is 2. The van der Waals surface area contributed by atoms with E-state index in [0.29, 0.717) is 11.3 Å². The van der Waals surface area contributed by atoms with Crippen LogP contribution in [0.25, 0.3) is 0 Å². The summed E-state index contributed by atoms with van der Waals surface area (Å²) in [6, 6.07) is 27.6. The van der Waals surface area contributed by atoms with E-state index in [1.165, 1.54) is 5.01 Å². The van der Waals surface area contributed by atoms with E-state index in [1.54, 1.807) is 36.3 Å². The quantitative estimate of drug-likeness (QED) is 0.325. The van der Waals surface area contributed by atoms with Crippen LogP contribution in [0, 0.1) is 0 Å². The fraction of sp³-hybridized carbons (Fsp3) is 0.192. The number of hydrogen-bond donors (Lipinski definition) is 0. The minimum Gasteiger partial charge on any atom is -0.459 e. The van der Waals surface area contributed by atoms with Crippen LogP contribution in [0.2, 0.25) is 0 Å². The Morgan fingerprint density at radius 2 is 1.39 bits per heavy atom. The molecule has 0 saturated carbocycles. The minimum absolute atomic E-state index is 0.0892. The average molecular weight is 463 g/mol. The van der Waals surface area contributed by atoms with E-state index in [9.17, 15) is 14.4 Å². The van der Waals surface area contributed by atoms with E-state index in [4.69, 9.17) is 4.74 Å². The number of rotatable bonds is 10. The second-order valence-corrected chi connectivity index (χ2v) is 8.28. The molecule has 0 saturated heterocycles. The largest absolute Gasteiger partial charge is 0.459 e. The van der Waals surface area contributed by atoms with Crippen LogP contribution < -0.4 is 5.01 Å². The van der Waals surface area contributed by atoms with Gasteiger partial charge >= 0.3 is 5.97 Å². The summed E-state index contributed by atoms with van der Waals surface area (Å²) in [5, 5.41) is 2.90. The number of amides is 1. The monoisotopic (exact) mass is 462 g/mol. The molecular weight excluding hydrogens is 436 g/mol. The van der Waals surface area contributed by atoms with E-state index in [-0.39, 0.29) is 30.6 Å². The Morgan fingerprint density at radius 1 is 0.818 bits per heavy atom. The van der Waals surface area contributed by atoms with Crippen LogP contribution in [0.15, 0.2) is 91.0 Å². The summed E-state index contributed by atoms with van der Waals surface area (Å²) < 4.78 is 5.38. The van der Waals surface area contributed by atoms with Gasteiger partial charge in [0, 0.05) is 24.8 Å². The molecule has 33 heavy (non-hydrogen) atoms. The highest BCUT2D eigenvalue weighted by atomic mass is 32.2. The molecule has 0 aliphatic heterocycles. The first-order valence-corrected chi connectivity index (χ1v) is 11.5. The standard InChI is InChI=1S/C26H26N2O4S/c1-27(23-15-9-4-10-16-23)28(19-25(30)32-20-21-11-5-2-6-12-21)24(29)17-18-33-26(31)22-13-7-3-8-14-22/h2-16H,17-20H2,1H3. The second kappa shape index (κ2) is 12.5. The van der Waals surface area contributed by atoms with Crippen LogP contribution in [0.1, 0.15) is 22.3 Å². The third-order valence-electron chi connectivity index (χ3n) is 4.86. The van der Waals surface area contributed by atoms with Gasteiger partial charge in [0.15, 0.2) is 0 Å². The average Bonchev–Trinajstić information content (AvgIpc) is 2.87. The molecule has 3 aromatic carbocycles. The van der Waals surface area contributed by atoms with Crippen LogP contribution in [-0.2, 0) is 20.9 Å². The molecule has 0 unspecified atom stereocenters. The normalized spacial score (nSPS) is 10.3. The molecule has 0 radical (unpaired) electrons. The van der Waals surface area contributed by atoms with E-state index >= 15 is 0 Å². The molecule has 170 valence electrons. The molecule has 3 rings (SSSR count). The van der Waals surface area contributed by atoms with E-state index in [1.807, 2.05) is 66.7 Å². The summed E-state index contributed by atoms with van der Waals surface area (Å²) in [5.41, 5.74) is 2.23. The lowest BCUT2D eigenvalue weighted by atomic mass is 10.2. The minimum atomic E-state index is -0.511. The van der Waals surface area contributed by atoms with Gasteiger partial charge in [0.1, 0.15) is 13.2 Å². The van der Waals surface area contributed by atoms with Gasteiger partial charge in [0.05, 0.1) is 5.69 Å².